The highest BCUT2D eigenvalue weighted by Crippen LogP contribution is 2.52. The molecule has 0 unspecified atom stereocenters. The number of ether oxygens (including phenoxy) is 2. The van der Waals surface area contributed by atoms with Crippen molar-refractivity contribution in [2.75, 3.05) is 14.2 Å². The maximum absolute atomic E-state index is 13.1. The summed E-state index contributed by atoms with van der Waals surface area (Å²) >= 11 is 0. The Kier molecular flexibility index (Phi) is 4.17. The third-order valence-electron chi connectivity index (χ3n) is 4.91. The molecule has 3 amide bonds. The lowest BCUT2D eigenvalue weighted by molar-refractivity contribution is -0.211. The van der Waals surface area contributed by atoms with Crippen LogP contribution in [0.25, 0.3) is 0 Å². The van der Waals surface area contributed by atoms with Crippen LogP contribution in [0.4, 0.5) is 9.59 Å². The van der Waals surface area contributed by atoms with Crippen molar-refractivity contribution in [1.82, 2.24) is 10.0 Å². The summed E-state index contributed by atoms with van der Waals surface area (Å²) in [5.41, 5.74) is -0.522. The van der Waals surface area contributed by atoms with E-state index in [0.29, 0.717) is 5.56 Å². The zero-order valence-corrected chi connectivity index (χ0v) is 13.7. The van der Waals surface area contributed by atoms with Crippen LogP contribution < -0.4 is 0 Å². The van der Waals surface area contributed by atoms with E-state index in [1.165, 1.54) is 14.2 Å². The number of rotatable bonds is 2. The molecule has 1 aromatic rings. The Hall–Kier alpha value is -2.57. The van der Waals surface area contributed by atoms with E-state index in [4.69, 9.17) is 4.74 Å². The number of imide groups is 1. The summed E-state index contributed by atoms with van der Waals surface area (Å²) in [6.07, 6.45) is 1.94. The molecule has 1 saturated heterocycles. The van der Waals surface area contributed by atoms with E-state index in [1.807, 2.05) is 18.2 Å². The maximum Gasteiger partial charge on any atom is 0.436 e. The quantitative estimate of drug-likeness (QED) is 0.832. The van der Waals surface area contributed by atoms with Crippen LogP contribution in [0.3, 0.4) is 0 Å². The standard InChI is InChI=1S/C17H20N2O5/c1-23-15(21)18-14(20)17(13-10-6-7-11-13,19(18)16(22)24-2)12-8-4-3-5-9-12/h3-5,8-9,13H,6-7,10-11H2,1-2H3/t17-/m1/s1. The number of benzene rings is 1. The van der Waals surface area contributed by atoms with Gasteiger partial charge in [-0.3, -0.25) is 4.79 Å². The highest BCUT2D eigenvalue weighted by Gasteiger charge is 2.69. The Balaban J connectivity index is 2.14. The molecule has 1 atom stereocenters. The summed E-state index contributed by atoms with van der Waals surface area (Å²) in [6.45, 7) is 0. The fraction of sp³-hybridized carbons (Fsp3) is 0.471. The highest BCUT2D eigenvalue weighted by molar-refractivity contribution is 6.06. The van der Waals surface area contributed by atoms with Crippen molar-refractivity contribution in [2.45, 2.75) is 31.2 Å². The first-order chi connectivity index (χ1) is 11.6. The van der Waals surface area contributed by atoms with Gasteiger partial charge < -0.3 is 9.47 Å². The molecule has 1 saturated carbocycles. The van der Waals surface area contributed by atoms with Gasteiger partial charge in [0.25, 0.3) is 5.91 Å². The Bertz CT molecular complexity index is 656. The van der Waals surface area contributed by atoms with E-state index in [-0.39, 0.29) is 5.92 Å². The number of hydrogen-bond acceptors (Lipinski definition) is 5. The van der Waals surface area contributed by atoms with E-state index >= 15 is 0 Å². The minimum absolute atomic E-state index is 0.0626. The molecule has 0 bridgehead atoms. The molecule has 1 aromatic carbocycles. The molecule has 2 fully saturated rings. The van der Waals surface area contributed by atoms with Crippen LogP contribution in [0.1, 0.15) is 31.2 Å². The predicted molar refractivity (Wildman–Crippen MR) is 83.6 cm³/mol. The second-order valence-corrected chi connectivity index (χ2v) is 5.98. The molecule has 2 aliphatic rings. The van der Waals surface area contributed by atoms with Gasteiger partial charge in [0.2, 0.25) is 0 Å². The van der Waals surface area contributed by atoms with Gasteiger partial charge in [0.1, 0.15) is 0 Å². The fourth-order valence-corrected chi connectivity index (χ4v) is 3.88. The molecule has 1 aliphatic carbocycles. The lowest BCUT2D eigenvalue weighted by Gasteiger charge is -2.57. The minimum Gasteiger partial charge on any atom is -0.451 e. The topological polar surface area (TPSA) is 76.2 Å². The zero-order chi connectivity index (χ0) is 17.3. The van der Waals surface area contributed by atoms with Gasteiger partial charge in [0.15, 0.2) is 5.54 Å². The van der Waals surface area contributed by atoms with Crippen LogP contribution in [-0.4, -0.2) is 42.3 Å². The molecule has 0 N–H and O–H groups in total. The number of carbonyl (C=O) groups is 3. The molecule has 0 aromatic heterocycles. The van der Waals surface area contributed by atoms with Crippen LogP contribution in [0.2, 0.25) is 0 Å². The second-order valence-electron chi connectivity index (χ2n) is 5.98. The Morgan fingerprint density at radius 2 is 1.62 bits per heavy atom. The molecule has 1 heterocycles. The third-order valence-corrected chi connectivity index (χ3v) is 4.91. The smallest absolute Gasteiger partial charge is 0.436 e. The summed E-state index contributed by atoms with van der Waals surface area (Å²) in [7, 11) is 2.40. The first kappa shape index (κ1) is 16.3. The maximum atomic E-state index is 13.1. The number of methoxy groups -OCH3 is 2. The average molecular weight is 332 g/mol. The lowest BCUT2D eigenvalue weighted by Crippen LogP contribution is -2.79. The van der Waals surface area contributed by atoms with Gasteiger partial charge in [-0.2, -0.15) is 5.01 Å². The van der Waals surface area contributed by atoms with Crippen LogP contribution in [0.5, 0.6) is 0 Å². The predicted octanol–water partition coefficient (Wildman–Crippen LogP) is 2.66. The molecular formula is C17H20N2O5. The molecule has 1 aliphatic heterocycles. The largest absolute Gasteiger partial charge is 0.451 e. The molecule has 7 heteroatoms. The molecule has 7 nitrogen and oxygen atoms in total. The Morgan fingerprint density at radius 1 is 1.04 bits per heavy atom. The van der Waals surface area contributed by atoms with Gasteiger partial charge >= 0.3 is 12.2 Å². The van der Waals surface area contributed by atoms with E-state index in [0.717, 1.165) is 35.7 Å². The first-order valence-electron chi connectivity index (χ1n) is 7.95. The summed E-state index contributed by atoms with van der Waals surface area (Å²) < 4.78 is 9.51. The number of carbonyl (C=O) groups excluding carboxylic acids is 3. The van der Waals surface area contributed by atoms with Gasteiger partial charge in [-0.05, 0) is 24.3 Å². The molecule has 24 heavy (non-hydrogen) atoms. The number of nitrogens with zero attached hydrogens (tertiary/aromatic N) is 2. The van der Waals surface area contributed by atoms with Crippen molar-refractivity contribution in [3.05, 3.63) is 35.9 Å². The molecular weight excluding hydrogens is 312 g/mol. The lowest BCUT2D eigenvalue weighted by atomic mass is 9.72. The van der Waals surface area contributed by atoms with Crippen molar-refractivity contribution in [2.24, 2.45) is 5.92 Å². The third kappa shape index (κ3) is 2.07. The van der Waals surface area contributed by atoms with Crippen LogP contribution in [-0.2, 0) is 19.8 Å². The monoisotopic (exact) mass is 332 g/mol. The summed E-state index contributed by atoms with van der Waals surface area (Å²) in [5.74, 6) is -0.509. The van der Waals surface area contributed by atoms with Gasteiger partial charge in [-0.1, -0.05) is 43.2 Å². The van der Waals surface area contributed by atoms with Crippen molar-refractivity contribution < 1.29 is 23.9 Å². The molecule has 0 radical (unpaired) electrons. The van der Waals surface area contributed by atoms with Crippen LogP contribution in [0, 0.1) is 5.92 Å². The number of hydrogen-bond donors (Lipinski definition) is 0. The van der Waals surface area contributed by atoms with E-state index in [2.05, 4.69) is 4.74 Å². The fourth-order valence-electron chi connectivity index (χ4n) is 3.88. The number of hydrazine groups is 1. The summed E-state index contributed by atoms with van der Waals surface area (Å²) in [5, 5.41) is 1.85. The molecule has 3 rings (SSSR count). The average Bonchev–Trinajstić information content (AvgIpc) is 3.14. The van der Waals surface area contributed by atoms with Gasteiger partial charge in [0, 0.05) is 0 Å². The van der Waals surface area contributed by atoms with Gasteiger partial charge in [-0.15, -0.1) is 5.01 Å². The van der Waals surface area contributed by atoms with Crippen molar-refractivity contribution in [3.8, 4) is 0 Å². The van der Waals surface area contributed by atoms with E-state index < -0.39 is 23.6 Å². The van der Waals surface area contributed by atoms with Crippen molar-refractivity contribution in [3.63, 3.8) is 0 Å². The van der Waals surface area contributed by atoms with Gasteiger partial charge in [-0.25, -0.2) is 9.59 Å². The van der Waals surface area contributed by atoms with E-state index in [1.54, 1.807) is 12.1 Å². The summed E-state index contributed by atoms with van der Waals surface area (Å²) in [6, 6.07) is 9.09. The molecule has 0 spiro atoms. The molecule has 128 valence electrons. The number of amides is 3. The Labute approximate surface area is 140 Å². The van der Waals surface area contributed by atoms with Crippen molar-refractivity contribution >= 4 is 18.1 Å². The Morgan fingerprint density at radius 3 is 2.17 bits per heavy atom. The first-order valence-corrected chi connectivity index (χ1v) is 7.95. The van der Waals surface area contributed by atoms with Crippen LogP contribution in [0.15, 0.2) is 30.3 Å². The second kappa shape index (κ2) is 6.14. The van der Waals surface area contributed by atoms with Crippen molar-refractivity contribution in [1.29, 1.82) is 0 Å². The summed E-state index contributed by atoms with van der Waals surface area (Å²) in [4.78, 5) is 37.5. The normalized spacial score (nSPS) is 23.8. The van der Waals surface area contributed by atoms with Gasteiger partial charge in [0.05, 0.1) is 14.2 Å². The van der Waals surface area contributed by atoms with Crippen LogP contribution >= 0.6 is 0 Å². The highest BCUT2D eigenvalue weighted by atomic mass is 16.6. The minimum atomic E-state index is -1.21. The van der Waals surface area contributed by atoms with E-state index in [9.17, 15) is 14.4 Å². The SMILES string of the molecule is COC(=O)N1C(=O)[C@@](c2ccccc2)(C2CCCC2)N1C(=O)OC. The zero-order valence-electron chi connectivity index (χ0n) is 13.7.